The second kappa shape index (κ2) is 8.83. The molecule has 0 aliphatic carbocycles. The Kier molecular flexibility index (Phi) is 7.12. The van der Waals surface area contributed by atoms with Gasteiger partial charge in [-0.1, -0.05) is 11.8 Å². The highest BCUT2D eigenvalue weighted by Gasteiger charge is 2.42. The summed E-state index contributed by atoms with van der Waals surface area (Å²) in [5.74, 6) is 0.517. The second-order valence-corrected chi connectivity index (χ2v) is 4.44. The molecule has 1 aromatic rings. The van der Waals surface area contributed by atoms with E-state index >= 15 is 0 Å². The summed E-state index contributed by atoms with van der Waals surface area (Å²) in [5, 5.41) is 9.88. The number of hydrogen-bond donors (Lipinski definition) is 2. The van der Waals surface area contributed by atoms with E-state index in [-0.39, 0.29) is 31.1 Å². The maximum atomic E-state index is 12.5. The minimum absolute atomic E-state index is 0.119. The molecule has 0 aliphatic rings. The molecular formula is C16H14F3NO5. The van der Waals surface area contributed by atoms with Crippen LogP contribution in [-0.4, -0.2) is 37.0 Å². The van der Waals surface area contributed by atoms with E-state index in [0.717, 1.165) is 0 Å². The molecule has 6 nitrogen and oxygen atoms in total. The maximum Gasteiger partial charge on any atom is 0.491 e. The van der Waals surface area contributed by atoms with Gasteiger partial charge in [-0.3, -0.25) is 0 Å². The van der Waals surface area contributed by atoms with E-state index in [1.54, 1.807) is 0 Å². The van der Waals surface area contributed by atoms with Crippen molar-refractivity contribution in [2.75, 3.05) is 19.8 Å². The standard InChI is InChI=1S/C16H14F3NO5/c1-3-7-23-12-6-5-10(11(21)9-20)13(14(12)24-8-4-2)25-15(22)16(17,18)19/h1-2,5-6,11,21H,7-9,20H2. The number of rotatable bonds is 7. The lowest BCUT2D eigenvalue weighted by Crippen LogP contribution is -2.29. The largest absolute Gasteiger partial charge is 0.491 e. The molecule has 134 valence electrons. The number of benzene rings is 1. The Balaban J connectivity index is 3.48. The van der Waals surface area contributed by atoms with Gasteiger partial charge in [-0.2, -0.15) is 13.2 Å². The molecule has 9 heteroatoms. The number of esters is 1. The van der Waals surface area contributed by atoms with E-state index in [9.17, 15) is 23.1 Å². The highest BCUT2D eigenvalue weighted by atomic mass is 19.4. The number of aliphatic hydroxyl groups is 1. The summed E-state index contributed by atoms with van der Waals surface area (Å²) < 4.78 is 52.3. The van der Waals surface area contributed by atoms with Gasteiger partial charge in [-0.25, -0.2) is 4.79 Å². The van der Waals surface area contributed by atoms with Gasteiger partial charge in [0.05, 0.1) is 6.10 Å². The third-order valence-electron chi connectivity index (χ3n) is 2.73. The van der Waals surface area contributed by atoms with Gasteiger partial charge in [0.2, 0.25) is 5.75 Å². The molecule has 0 aromatic heterocycles. The van der Waals surface area contributed by atoms with Gasteiger partial charge in [0.15, 0.2) is 11.5 Å². The average molecular weight is 357 g/mol. The molecule has 25 heavy (non-hydrogen) atoms. The Morgan fingerprint density at radius 1 is 1.20 bits per heavy atom. The van der Waals surface area contributed by atoms with E-state index < -0.39 is 29.7 Å². The first kappa shape index (κ1) is 20.2. The molecule has 1 aromatic carbocycles. The molecule has 1 atom stereocenters. The fourth-order valence-electron chi connectivity index (χ4n) is 1.69. The van der Waals surface area contributed by atoms with Crippen LogP contribution in [0.1, 0.15) is 11.7 Å². The van der Waals surface area contributed by atoms with Crippen molar-refractivity contribution in [1.82, 2.24) is 0 Å². The van der Waals surface area contributed by atoms with Crippen molar-refractivity contribution in [2.45, 2.75) is 12.3 Å². The van der Waals surface area contributed by atoms with Gasteiger partial charge in [-0.05, 0) is 12.1 Å². The normalized spacial score (nSPS) is 11.8. The van der Waals surface area contributed by atoms with Gasteiger partial charge in [0, 0.05) is 12.1 Å². The predicted octanol–water partition coefficient (Wildman–Crippen LogP) is 1.17. The number of alkyl halides is 3. The Morgan fingerprint density at radius 3 is 2.32 bits per heavy atom. The molecule has 0 radical (unpaired) electrons. The van der Waals surface area contributed by atoms with E-state index in [1.165, 1.54) is 12.1 Å². The van der Waals surface area contributed by atoms with Crippen molar-refractivity contribution in [3.63, 3.8) is 0 Å². The van der Waals surface area contributed by atoms with Crippen LogP contribution in [0.25, 0.3) is 0 Å². The monoisotopic (exact) mass is 357 g/mol. The number of ether oxygens (including phenoxy) is 3. The highest BCUT2D eigenvalue weighted by molar-refractivity contribution is 5.79. The van der Waals surface area contributed by atoms with Crippen LogP contribution in [0.2, 0.25) is 0 Å². The highest BCUT2D eigenvalue weighted by Crippen LogP contribution is 2.43. The van der Waals surface area contributed by atoms with Gasteiger partial charge in [-0.15, -0.1) is 12.8 Å². The lowest BCUT2D eigenvalue weighted by Gasteiger charge is -2.20. The lowest BCUT2D eigenvalue weighted by molar-refractivity contribution is -0.189. The van der Waals surface area contributed by atoms with Crippen molar-refractivity contribution >= 4 is 5.97 Å². The average Bonchev–Trinajstić information content (AvgIpc) is 2.57. The van der Waals surface area contributed by atoms with Crippen LogP contribution in [0.15, 0.2) is 12.1 Å². The van der Waals surface area contributed by atoms with Crippen LogP contribution < -0.4 is 19.9 Å². The Labute approximate surface area is 141 Å². The fraction of sp³-hybridized carbons (Fsp3) is 0.312. The molecule has 0 heterocycles. The zero-order valence-corrected chi connectivity index (χ0v) is 12.8. The summed E-state index contributed by atoms with van der Waals surface area (Å²) in [4.78, 5) is 11.2. The number of carbonyl (C=O) groups excluding carboxylic acids is 1. The number of aliphatic hydroxyl groups excluding tert-OH is 1. The second-order valence-electron chi connectivity index (χ2n) is 4.44. The summed E-state index contributed by atoms with van der Waals surface area (Å²) in [6.45, 7) is -0.960. The van der Waals surface area contributed by atoms with Crippen LogP contribution in [0.3, 0.4) is 0 Å². The fourth-order valence-corrected chi connectivity index (χ4v) is 1.69. The first-order valence-electron chi connectivity index (χ1n) is 6.72. The van der Waals surface area contributed by atoms with Crippen molar-refractivity contribution in [2.24, 2.45) is 5.73 Å². The third-order valence-corrected chi connectivity index (χ3v) is 2.73. The minimum atomic E-state index is -5.27. The molecule has 0 saturated carbocycles. The van der Waals surface area contributed by atoms with Crippen LogP contribution in [0, 0.1) is 24.7 Å². The molecular weight excluding hydrogens is 343 g/mol. The SMILES string of the molecule is C#CCOc1ccc(C(O)CN)c(OC(=O)C(F)(F)F)c1OCC#C. The number of hydrogen-bond acceptors (Lipinski definition) is 6. The Hall–Kier alpha value is -2.88. The van der Waals surface area contributed by atoms with Crippen molar-refractivity contribution in [3.8, 4) is 41.9 Å². The smallest absolute Gasteiger partial charge is 0.477 e. The van der Waals surface area contributed by atoms with Gasteiger partial charge >= 0.3 is 12.1 Å². The first-order chi connectivity index (χ1) is 11.8. The van der Waals surface area contributed by atoms with Gasteiger partial charge in [0.1, 0.15) is 13.2 Å². The number of halogens is 3. The minimum Gasteiger partial charge on any atom is -0.477 e. The summed E-state index contributed by atoms with van der Waals surface area (Å²) in [5.41, 5.74) is 5.11. The Bertz CT molecular complexity index is 703. The molecule has 0 bridgehead atoms. The van der Waals surface area contributed by atoms with E-state index in [2.05, 4.69) is 16.6 Å². The van der Waals surface area contributed by atoms with Gasteiger partial charge in [0.25, 0.3) is 0 Å². The summed E-state index contributed by atoms with van der Waals surface area (Å²) >= 11 is 0. The first-order valence-corrected chi connectivity index (χ1v) is 6.72. The topological polar surface area (TPSA) is 91.0 Å². The quantitative estimate of drug-likeness (QED) is 0.433. The molecule has 0 aliphatic heterocycles. The number of nitrogens with two attached hydrogens (primary N) is 1. The number of terminal acetylenes is 2. The molecule has 0 spiro atoms. The van der Waals surface area contributed by atoms with E-state index in [1.807, 2.05) is 0 Å². The van der Waals surface area contributed by atoms with Gasteiger partial charge < -0.3 is 25.1 Å². The van der Waals surface area contributed by atoms with Crippen molar-refractivity contribution < 1.29 is 37.3 Å². The van der Waals surface area contributed by atoms with Crippen LogP contribution in [-0.2, 0) is 4.79 Å². The predicted molar refractivity (Wildman–Crippen MR) is 80.8 cm³/mol. The lowest BCUT2D eigenvalue weighted by atomic mass is 10.1. The maximum absolute atomic E-state index is 12.5. The number of carbonyl (C=O) groups is 1. The van der Waals surface area contributed by atoms with Crippen molar-refractivity contribution in [3.05, 3.63) is 17.7 Å². The summed E-state index contributed by atoms with van der Waals surface area (Å²) in [6.07, 6.45) is 3.43. The Morgan fingerprint density at radius 2 is 1.80 bits per heavy atom. The van der Waals surface area contributed by atoms with Crippen LogP contribution >= 0.6 is 0 Å². The zero-order valence-electron chi connectivity index (χ0n) is 12.8. The van der Waals surface area contributed by atoms with E-state index in [0.29, 0.717) is 0 Å². The van der Waals surface area contributed by atoms with Crippen LogP contribution in [0.4, 0.5) is 13.2 Å². The molecule has 0 fully saturated rings. The molecule has 1 rings (SSSR count). The van der Waals surface area contributed by atoms with Crippen LogP contribution in [0.5, 0.6) is 17.2 Å². The third kappa shape index (κ3) is 5.31. The molecule has 3 N–H and O–H groups in total. The van der Waals surface area contributed by atoms with Crippen molar-refractivity contribution in [1.29, 1.82) is 0 Å². The summed E-state index contributed by atoms with van der Waals surface area (Å²) in [6, 6.07) is 2.44. The molecule has 0 saturated heterocycles. The zero-order chi connectivity index (χ0) is 19.0. The molecule has 1 unspecified atom stereocenters. The summed E-state index contributed by atoms with van der Waals surface area (Å²) in [7, 11) is 0. The molecule has 0 amide bonds. The van der Waals surface area contributed by atoms with E-state index in [4.69, 9.17) is 28.1 Å².